The van der Waals surface area contributed by atoms with Crippen molar-refractivity contribution in [1.29, 1.82) is 0 Å². The van der Waals surface area contributed by atoms with E-state index in [1.165, 1.54) is 6.26 Å². The van der Waals surface area contributed by atoms with Crippen molar-refractivity contribution < 1.29 is 14.3 Å². The van der Waals surface area contributed by atoms with E-state index in [4.69, 9.17) is 21.3 Å². The zero-order valence-corrected chi connectivity index (χ0v) is 25.7. The lowest BCUT2D eigenvalue weighted by atomic mass is 9.98. The number of cyclic esters (lactones) is 1. The molecule has 6 nitrogen and oxygen atoms in total. The van der Waals surface area contributed by atoms with E-state index < -0.39 is 12.0 Å². The summed E-state index contributed by atoms with van der Waals surface area (Å²) >= 11 is 10.0. The molecule has 1 amide bonds. The number of anilines is 1. The van der Waals surface area contributed by atoms with E-state index in [2.05, 4.69) is 27.8 Å². The fraction of sp³-hybridized carbons (Fsp3) is 0.303. The summed E-state index contributed by atoms with van der Waals surface area (Å²) in [5.41, 5.74) is 4.57. The summed E-state index contributed by atoms with van der Waals surface area (Å²) in [6.45, 7) is 4.78. The molecule has 3 aromatic carbocycles. The van der Waals surface area contributed by atoms with Gasteiger partial charge in [0.25, 0.3) is 0 Å². The molecule has 5 rings (SSSR count). The molecule has 8 heteroatoms. The van der Waals surface area contributed by atoms with Crippen molar-refractivity contribution in [2.45, 2.75) is 51.2 Å². The molecule has 0 radical (unpaired) electrons. The molecule has 0 aromatic heterocycles. The second kappa shape index (κ2) is 12.7. The fourth-order valence-electron chi connectivity index (χ4n) is 5.54. The number of esters is 1. The number of fused-ring (bicyclic) bond motifs is 2. The molecule has 0 spiro atoms. The van der Waals surface area contributed by atoms with Gasteiger partial charge >= 0.3 is 5.97 Å². The first-order chi connectivity index (χ1) is 19.7. The van der Waals surface area contributed by atoms with E-state index in [9.17, 15) is 9.59 Å². The van der Waals surface area contributed by atoms with Gasteiger partial charge in [0.05, 0.1) is 23.7 Å². The van der Waals surface area contributed by atoms with Crippen LogP contribution in [0.4, 0.5) is 5.69 Å². The number of carbonyl (C=O) groups is 2. The Balaban J connectivity index is 1.71. The summed E-state index contributed by atoms with van der Waals surface area (Å²) < 4.78 is 6.65. The number of nitrogens with zero attached hydrogens (tertiary/aromatic N) is 3. The van der Waals surface area contributed by atoms with Crippen LogP contribution in [-0.2, 0) is 20.7 Å². The van der Waals surface area contributed by atoms with Crippen molar-refractivity contribution in [2.75, 3.05) is 18.5 Å². The smallest absolute Gasteiger partial charge is 0.336 e. The predicted molar refractivity (Wildman–Crippen MR) is 168 cm³/mol. The van der Waals surface area contributed by atoms with E-state index >= 15 is 0 Å². The Morgan fingerprint density at radius 3 is 2.54 bits per heavy atom. The third-order valence-corrected chi connectivity index (χ3v) is 8.83. The summed E-state index contributed by atoms with van der Waals surface area (Å²) in [7, 11) is 1.83. The maximum Gasteiger partial charge on any atom is 0.336 e. The van der Waals surface area contributed by atoms with Crippen molar-refractivity contribution in [3.05, 3.63) is 111 Å². The highest BCUT2D eigenvalue weighted by Crippen LogP contribution is 2.31. The highest BCUT2D eigenvalue weighted by molar-refractivity contribution is 9.10. The van der Waals surface area contributed by atoms with Crippen LogP contribution in [0.1, 0.15) is 43.4 Å². The summed E-state index contributed by atoms with van der Waals surface area (Å²) in [4.78, 5) is 36.8. The van der Waals surface area contributed by atoms with E-state index in [1.807, 2.05) is 80.7 Å². The number of carbonyl (C=O) groups excluding carboxylic acids is 2. The van der Waals surface area contributed by atoms with Gasteiger partial charge in [0.15, 0.2) is 6.04 Å². The minimum atomic E-state index is -0.889. The molecule has 2 heterocycles. The van der Waals surface area contributed by atoms with E-state index in [0.29, 0.717) is 10.7 Å². The number of likely N-dealkylation sites (N-methyl/N-ethyl adjacent to an activating group) is 1. The van der Waals surface area contributed by atoms with Crippen LogP contribution in [0.5, 0.6) is 0 Å². The summed E-state index contributed by atoms with van der Waals surface area (Å²) in [6.07, 6.45) is 3.47. The lowest BCUT2D eigenvalue weighted by molar-refractivity contribution is -0.139. The molecule has 2 aliphatic rings. The lowest BCUT2D eigenvalue weighted by Crippen LogP contribution is -2.48. The van der Waals surface area contributed by atoms with Gasteiger partial charge in [-0.05, 0) is 62.6 Å². The zero-order chi connectivity index (χ0) is 29.1. The average molecular weight is 635 g/mol. The second-order valence-electron chi connectivity index (χ2n) is 10.6. The molecule has 41 heavy (non-hydrogen) atoms. The maximum absolute atomic E-state index is 14.0. The topological polar surface area (TPSA) is 62.2 Å². The van der Waals surface area contributed by atoms with Crippen LogP contribution in [0, 0.1) is 0 Å². The number of ether oxygens (including phenoxy) is 1. The van der Waals surface area contributed by atoms with Crippen LogP contribution in [0.3, 0.4) is 0 Å². The van der Waals surface area contributed by atoms with Gasteiger partial charge in [-0.1, -0.05) is 82.1 Å². The Kier molecular flexibility index (Phi) is 9.07. The Hall–Kier alpha value is -3.26. The third-order valence-electron chi connectivity index (χ3n) is 7.98. The van der Waals surface area contributed by atoms with Gasteiger partial charge in [0.2, 0.25) is 5.91 Å². The van der Waals surface area contributed by atoms with Crippen molar-refractivity contribution in [3.63, 3.8) is 0 Å². The number of aliphatic imine (C=N–C) groups is 1. The number of rotatable bonds is 3. The molecule has 0 aliphatic carbocycles. The van der Waals surface area contributed by atoms with Crippen LogP contribution in [-0.4, -0.2) is 54.2 Å². The van der Waals surface area contributed by atoms with Crippen molar-refractivity contribution in [3.8, 4) is 0 Å². The normalized spacial score (nSPS) is 22.3. The Morgan fingerprint density at radius 2 is 1.78 bits per heavy atom. The van der Waals surface area contributed by atoms with Gasteiger partial charge in [0.1, 0.15) is 0 Å². The van der Waals surface area contributed by atoms with Gasteiger partial charge in [-0.3, -0.25) is 14.7 Å². The number of halogens is 2. The molecular formula is C33H33BrClN3O3. The van der Waals surface area contributed by atoms with Crippen LogP contribution in [0.2, 0.25) is 5.02 Å². The molecule has 3 aromatic rings. The lowest BCUT2D eigenvalue weighted by Gasteiger charge is -2.33. The molecule has 0 N–H and O–H groups in total. The highest BCUT2D eigenvalue weighted by atomic mass is 79.9. The minimum absolute atomic E-state index is 0.0364. The summed E-state index contributed by atoms with van der Waals surface area (Å²) in [6, 6.07) is 21.8. The van der Waals surface area contributed by atoms with Gasteiger partial charge < -0.3 is 9.64 Å². The largest absolute Gasteiger partial charge is 0.433 e. The molecule has 2 aliphatic heterocycles. The first-order valence-electron chi connectivity index (χ1n) is 13.8. The zero-order valence-electron chi connectivity index (χ0n) is 23.4. The summed E-state index contributed by atoms with van der Waals surface area (Å²) in [5, 5.41) is 0.536. The maximum atomic E-state index is 14.0. The highest BCUT2D eigenvalue weighted by Gasteiger charge is 2.37. The minimum Gasteiger partial charge on any atom is -0.433 e. The first-order valence-corrected chi connectivity index (χ1v) is 15.0. The SMILES string of the molecule is CC1=COC(=O)C(Cc2ccc(Br)cc2Cl)N=C(c2ccccc2)c2ccccc2N(C)C(=O)C2CCCN2C1C. The van der Waals surface area contributed by atoms with Crippen LogP contribution >= 0.6 is 27.5 Å². The van der Waals surface area contributed by atoms with Gasteiger partial charge in [-0.25, -0.2) is 4.79 Å². The molecule has 1 saturated heterocycles. The van der Waals surface area contributed by atoms with Gasteiger partial charge in [-0.2, -0.15) is 0 Å². The first kappa shape index (κ1) is 29.2. The molecule has 3 atom stereocenters. The quantitative estimate of drug-likeness (QED) is 0.297. The Labute approximate surface area is 254 Å². The number of amides is 1. The van der Waals surface area contributed by atoms with Crippen LogP contribution < -0.4 is 4.90 Å². The van der Waals surface area contributed by atoms with Crippen molar-refractivity contribution in [1.82, 2.24) is 4.90 Å². The molecule has 3 unspecified atom stereocenters. The Bertz CT molecular complexity index is 1510. The number of benzene rings is 3. The molecular weight excluding hydrogens is 602 g/mol. The van der Waals surface area contributed by atoms with Gasteiger partial charge in [-0.15, -0.1) is 0 Å². The summed E-state index contributed by atoms with van der Waals surface area (Å²) in [5.74, 6) is -0.435. The van der Waals surface area contributed by atoms with E-state index in [1.54, 1.807) is 11.0 Å². The predicted octanol–water partition coefficient (Wildman–Crippen LogP) is 6.83. The van der Waals surface area contributed by atoms with E-state index in [0.717, 1.165) is 51.8 Å². The second-order valence-corrected chi connectivity index (χ2v) is 11.9. The number of hydrogen-bond donors (Lipinski definition) is 0. The molecule has 0 saturated carbocycles. The molecule has 212 valence electrons. The molecule has 0 bridgehead atoms. The van der Waals surface area contributed by atoms with Crippen molar-refractivity contribution in [2.24, 2.45) is 4.99 Å². The average Bonchev–Trinajstić information content (AvgIpc) is 3.48. The Morgan fingerprint density at radius 1 is 1.05 bits per heavy atom. The fourth-order valence-corrected chi connectivity index (χ4v) is 6.30. The van der Waals surface area contributed by atoms with Crippen molar-refractivity contribution >= 4 is 50.8 Å². The van der Waals surface area contributed by atoms with Crippen LogP contribution in [0.15, 0.2) is 94.1 Å². The van der Waals surface area contributed by atoms with Crippen LogP contribution in [0.25, 0.3) is 0 Å². The standard InChI is InChI=1S/C33H33BrClN3O3/c1-21-20-41-33(40)28(18-24-15-16-25(34)19-27(24)35)36-31(23-10-5-4-6-11-23)26-12-7-8-13-29(26)37(3)32(39)30-14-9-17-38(30)22(21)2/h4-8,10-13,15-16,19-20,22,28,30H,9,14,17-18H2,1-3H3. The van der Waals surface area contributed by atoms with E-state index in [-0.39, 0.29) is 24.4 Å². The number of hydrogen-bond acceptors (Lipinski definition) is 5. The number of para-hydroxylation sites is 1. The third kappa shape index (κ3) is 6.32. The molecule has 1 fully saturated rings. The van der Waals surface area contributed by atoms with Gasteiger partial charge in [0, 0.05) is 40.1 Å². The monoisotopic (exact) mass is 633 g/mol.